The molecule has 0 spiro atoms. The Morgan fingerprint density at radius 2 is 1.52 bits per heavy atom. The highest BCUT2D eigenvalue weighted by atomic mass is 16.5. The topological polar surface area (TPSA) is 88.7 Å². The quantitative estimate of drug-likeness (QED) is 0.490. The summed E-state index contributed by atoms with van der Waals surface area (Å²) in [6, 6.07) is 6.77. The molecule has 1 rings (SSSR count). The van der Waals surface area contributed by atoms with Crippen LogP contribution in [0.25, 0.3) is 0 Å². The van der Waals surface area contributed by atoms with Gasteiger partial charge in [0.1, 0.15) is 11.5 Å². The molecule has 0 aromatic heterocycles. The van der Waals surface area contributed by atoms with Gasteiger partial charge in [-0.1, -0.05) is 0 Å². The van der Waals surface area contributed by atoms with Crippen molar-refractivity contribution in [1.29, 1.82) is 0 Å². The average molecular weight is 295 g/mol. The Bertz CT molecular complexity index is 448. The molecule has 0 saturated heterocycles. The van der Waals surface area contributed by atoms with Crippen LogP contribution in [0.5, 0.6) is 11.5 Å². The molecular weight excluding hydrogens is 274 g/mol. The van der Waals surface area contributed by atoms with Crippen molar-refractivity contribution in [2.75, 3.05) is 26.4 Å². The summed E-state index contributed by atoms with van der Waals surface area (Å²) in [5.41, 5.74) is 0. The van der Waals surface area contributed by atoms with Crippen LogP contribution in [0.3, 0.4) is 0 Å². The van der Waals surface area contributed by atoms with E-state index in [1.54, 1.807) is 24.3 Å². The normalized spacial score (nSPS) is 9.62. The van der Waals surface area contributed by atoms with E-state index in [1.165, 1.54) is 6.92 Å². The minimum atomic E-state index is -0.355. The van der Waals surface area contributed by atoms with Gasteiger partial charge >= 0.3 is 6.03 Å². The highest BCUT2D eigenvalue weighted by Crippen LogP contribution is 2.16. The van der Waals surface area contributed by atoms with Gasteiger partial charge in [0.15, 0.2) is 6.73 Å². The van der Waals surface area contributed by atoms with Gasteiger partial charge in [-0.05, 0) is 31.2 Å². The monoisotopic (exact) mass is 295 g/mol. The van der Waals surface area contributed by atoms with Crippen molar-refractivity contribution in [2.45, 2.75) is 13.8 Å². The van der Waals surface area contributed by atoms with Gasteiger partial charge < -0.3 is 25.4 Å². The van der Waals surface area contributed by atoms with Crippen LogP contribution in [0.2, 0.25) is 0 Å². The Morgan fingerprint density at radius 1 is 0.952 bits per heavy atom. The minimum absolute atomic E-state index is 0.0555. The maximum absolute atomic E-state index is 11.4. The predicted octanol–water partition coefficient (Wildman–Crippen LogP) is 0.857. The molecule has 0 atom stereocenters. The summed E-state index contributed by atoms with van der Waals surface area (Å²) in [6.07, 6.45) is 0. The van der Waals surface area contributed by atoms with E-state index in [9.17, 15) is 9.59 Å². The molecule has 0 saturated carbocycles. The summed E-state index contributed by atoms with van der Waals surface area (Å²) in [4.78, 5) is 22.0. The fourth-order valence-corrected chi connectivity index (χ4v) is 1.46. The van der Waals surface area contributed by atoms with Crippen LogP contribution in [0, 0.1) is 0 Å². The number of nitrogens with one attached hydrogen (secondary N) is 3. The molecule has 0 heterocycles. The van der Waals surface area contributed by atoms with Gasteiger partial charge in [0.05, 0.1) is 6.61 Å². The zero-order valence-corrected chi connectivity index (χ0v) is 12.3. The number of carbonyl (C=O) groups is 2. The number of urea groups is 1. The van der Waals surface area contributed by atoms with E-state index < -0.39 is 0 Å². The first-order chi connectivity index (χ1) is 10.1. The van der Waals surface area contributed by atoms with Crippen molar-refractivity contribution in [2.24, 2.45) is 0 Å². The Hall–Kier alpha value is -2.44. The molecule has 21 heavy (non-hydrogen) atoms. The molecule has 0 aliphatic heterocycles. The molecule has 1 aromatic rings. The lowest BCUT2D eigenvalue weighted by atomic mass is 10.3. The van der Waals surface area contributed by atoms with E-state index in [0.717, 1.165) is 5.75 Å². The second-order valence-corrected chi connectivity index (χ2v) is 4.11. The number of hydrogen-bond donors (Lipinski definition) is 3. The van der Waals surface area contributed by atoms with Gasteiger partial charge in [-0.15, -0.1) is 0 Å². The molecule has 0 radical (unpaired) electrons. The maximum Gasteiger partial charge on any atom is 0.317 e. The van der Waals surface area contributed by atoms with E-state index in [1.807, 2.05) is 6.92 Å². The van der Waals surface area contributed by atoms with E-state index in [2.05, 4.69) is 16.0 Å². The molecule has 3 N–H and O–H groups in total. The van der Waals surface area contributed by atoms with E-state index >= 15 is 0 Å². The third-order valence-electron chi connectivity index (χ3n) is 2.39. The summed E-state index contributed by atoms with van der Waals surface area (Å²) in [7, 11) is 0. The van der Waals surface area contributed by atoms with Crippen LogP contribution in [0.1, 0.15) is 13.8 Å². The molecule has 7 heteroatoms. The maximum atomic E-state index is 11.4. The molecule has 1 aromatic carbocycles. The molecular formula is C14H21N3O4. The van der Waals surface area contributed by atoms with Gasteiger partial charge in [0.25, 0.3) is 0 Å². The zero-order chi connectivity index (χ0) is 15.5. The first kappa shape index (κ1) is 16.6. The van der Waals surface area contributed by atoms with E-state index in [-0.39, 0.29) is 18.7 Å². The molecule has 116 valence electrons. The summed E-state index contributed by atoms with van der Waals surface area (Å²) in [5, 5.41) is 7.70. The second-order valence-electron chi connectivity index (χ2n) is 4.11. The second kappa shape index (κ2) is 9.46. The Labute approximate surface area is 124 Å². The molecule has 7 nitrogen and oxygen atoms in total. The fourth-order valence-electron chi connectivity index (χ4n) is 1.46. The van der Waals surface area contributed by atoms with Crippen molar-refractivity contribution < 1.29 is 19.1 Å². The highest BCUT2D eigenvalue weighted by Gasteiger charge is 2.00. The molecule has 0 bridgehead atoms. The number of amides is 3. The van der Waals surface area contributed by atoms with Crippen molar-refractivity contribution in [1.82, 2.24) is 16.0 Å². The lowest BCUT2D eigenvalue weighted by molar-refractivity contribution is -0.118. The summed E-state index contributed by atoms with van der Waals surface area (Å²) in [5.74, 6) is 1.28. The summed E-state index contributed by atoms with van der Waals surface area (Å²) < 4.78 is 10.7. The highest BCUT2D eigenvalue weighted by molar-refractivity contribution is 5.74. The molecule has 0 aliphatic rings. The standard InChI is InChI=1S/C14H21N3O4/c1-3-20-12-4-6-13(7-5-12)21-10-17-14(19)16-9-8-15-11(2)18/h4-7H,3,8-10H2,1-2H3,(H,15,18)(H2,16,17,19). The van der Waals surface area contributed by atoms with Crippen LogP contribution in [0.4, 0.5) is 4.79 Å². The molecule has 0 fully saturated rings. The number of hydrogen-bond acceptors (Lipinski definition) is 4. The Kier molecular flexibility index (Phi) is 7.49. The lowest BCUT2D eigenvalue weighted by Gasteiger charge is -2.10. The predicted molar refractivity (Wildman–Crippen MR) is 78.3 cm³/mol. The Balaban J connectivity index is 2.14. The molecule has 0 aliphatic carbocycles. The van der Waals surface area contributed by atoms with Crippen molar-refractivity contribution in [3.05, 3.63) is 24.3 Å². The van der Waals surface area contributed by atoms with Gasteiger partial charge in [0.2, 0.25) is 5.91 Å². The van der Waals surface area contributed by atoms with E-state index in [4.69, 9.17) is 9.47 Å². The SMILES string of the molecule is CCOc1ccc(OCNC(=O)NCCNC(C)=O)cc1. The summed E-state index contributed by atoms with van der Waals surface area (Å²) in [6.45, 7) is 4.75. The smallest absolute Gasteiger partial charge is 0.317 e. The minimum Gasteiger partial charge on any atom is -0.494 e. The van der Waals surface area contributed by atoms with Gasteiger partial charge in [-0.3, -0.25) is 4.79 Å². The van der Waals surface area contributed by atoms with E-state index in [0.29, 0.717) is 25.4 Å². The molecule has 3 amide bonds. The number of benzene rings is 1. The molecule has 0 unspecified atom stereocenters. The van der Waals surface area contributed by atoms with Crippen molar-refractivity contribution in [3.8, 4) is 11.5 Å². The summed E-state index contributed by atoms with van der Waals surface area (Å²) >= 11 is 0. The third-order valence-corrected chi connectivity index (χ3v) is 2.39. The first-order valence-electron chi connectivity index (χ1n) is 6.73. The van der Waals surface area contributed by atoms with Crippen LogP contribution < -0.4 is 25.4 Å². The zero-order valence-electron chi connectivity index (χ0n) is 12.3. The van der Waals surface area contributed by atoms with Crippen LogP contribution in [0.15, 0.2) is 24.3 Å². The largest absolute Gasteiger partial charge is 0.494 e. The van der Waals surface area contributed by atoms with Crippen molar-refractivity contribution in [3.63, 3.8) is 0 Å². The van der Waals surface area contributed by atoms with Gasteiger partial charge in [-0.25, -0.2) is 4.79 Å². The van der Waals surface area contributed by atoms with Crippen molar-refractivity contribution >= 4 is 11.9 Å². The number of carbonyl (C=O) groups excluding carboxylic acids is 2. The Morgan fingerprint density at radius 3 is 2.10 bits per heavy atom. The third kappa shape index (κ3) is 7.66. The van der Waals surface area contributed by atoms with Gasteiger partial charge in [0, 0.05) is 20.0 Å². The first-order valence-corrected chi connectivity index (χ1v) is 6.73. The fraction of sp³-hybridized carbons (Fsp3) is 0.429. The van der Waals surface area contributed by atoms with Crippen LogP contribution in [-0.2, 0) is 4.79 Å². The van der Waals surface area contributed by atoms with Gasteiger partial charge in [-0.2, -0.15) is 0 Å². The number of rotatable bonds is 8. The lowest BCUT2D eigenvalue weighted by Crippen LogP contribution is -2.41. The van der Waals surface area contributed by atoms with Crippen LogP contribution in [-0.4, -0.2) is 38.4 Å². The number of ether oxygens (including phenoxy) is 2. The van der Waals surface area contributed by atoms with Crippen LogP contribution >= 0.6 is 0 Å². The average Bonchev–Trinajstić information content (AvgIpc) is 2.46.